The van der Waals surface area contributed by atoms with Crippen LogP contribution in [0.4, 0.5) is 0 Å². The van der Waals surface area contributed by atoms with Gasteiger partial charge in [-0.1, -0.05) is 20.4 Å². The van der Waals surface area contributed by atoms with E-state index in [-0.39, 0.29) is 18.3 Å². The molecule has 7 nitrogen and oxygen atoms in total. The fourth-order valence-electron chi connectivity index (χ4n) is 8.17. The molecule has 0 aromatic rings. The van der Waals surface area contributed by atoms with E-state index in [0.717, 1.165) is 0 Å². The summed E-state index contributed by atoms with van der Waals surface area (Å²) in [6, 6.07) is 0. The highest BCUT2D eigenvalue weighted by atomic mass is 16.6. The number of fused-ring (bicyclic) bond motifs is 2. The molecule has 2 aliphatic heterocycles. The van der Waals surface area contributed by atoms with Gasteiger partial charge in [-0.15, -0.1) is 0 Å². The maximum atomic E-state index is 13.6. The summed E-state index contributed by atoms with van der Waals surface area (Å²) in [5, 5.41) is 34.6. The summed E-state index contributed by atoms with van der Waals surface area (Å²) in [7, 11) is 0. The first-order chi connectivity index (χ1) is 13.4. The lowest BCUT2D eigenvalue weighted by Gasteiger charge is -2.74. The number of hydrogen-bond donors (Lipinski definition) is 3. The van der Waals surface area contributed by atoms with Crippen molar-refractivity contribution in [1.29, 1.82) is 0 Å². The van der Waals surface area contributed by atoms with Gasteiger partial charge in [0.2, 0.25) is 5.79 Å². The Morgan fingerprint density at radius 1 is 1.28 bits per heavy atom. The van der Waals surface area contributed by atoms with Gasteiger partial charge in [0.1, 0.15) is 12.2 Å². The van der Waals surface area contributed by atoms with Crippen LogP contribution >= 0.6 is 0 Å². The second-order valence-corrected chi connectivity index (χ2v) is 10.7. The number of allylic oxidation sites excluding steroid dienone is 1. The highest BCUT2D eigenvalue weighted by Gasteiger charge is 2.86. The van der Waals surface area contributed by atoms with Crippen molar-refractivity contribution in [3.8, 4) is 0 Å². The Morgan fingerprint density at radius 3 is 2.62 bits per heavy atom. The van der Waals surface area contributed by atoms with Crippen molar-refractivity contribution in [3.05, 3.63) is 12.2 Å². The lowest BCUT2D eigenvalue weighted by molar-refractivity contribution is -0.455. The third-order valence-electron chi connectivity index (χ3n) is 9.08. The molecule has 4 bridgehead atoms. The van der Waals surface area contributed by atoms with Crippen molar-refractivity contribution in [2.75, 3.05) is 6.61 Å². The average Bonchev–Trinajstić information content (AvgIpc) is 2.82. The normalized spacial score (nSPS) is 54.7. The Labute approximate surface area is 170 Å². The summed E-state index contributed by atoms with van der Waals surface area (Å²) < 4.78 is 11.6. The van der Waals surface area contributed by atoms with Crippen LogP contribution < -0.4 is 0 Å². The molecule has 2 saturated heterocycles. The van der Waals surface area contributed by atoms with Gasteiger partial charge in [-0.3, -0.25) is 9.59 Å². The first kappa shape index (κ1) is 19.7. The van der Waals surface area contributed by atoms with Gasteiger partial charge in [-0.2, -0.15) is 0 Å². The Morgan fingerprint density at radius 2 is 1.97 bits per heavy atom. The first-order valence-electron chi connectivity index (χ1n) is 10.6. The molecule has 7 heteroatoms. The minimum absolute atomic E-state index is 0.0183. The van der Waals surface area contributed by atoms with E-state index >= 15 is 0 Å². The van der Waals surface area contributed by atoms with Gasteiger partial charge in [0.05, 0.1) is 18.1 Å². The van der Waals surface area contributed by atoms with E-state index in [1.165, 1.54) is 6.92 Å². The number of hydrogen-bond acceptors (Lipinski definition) is 7. The van der Waals surface area contributed by atoms with Crippen molar-refractivity contribution < 1.29 is 34.4 Å². The van der Waals surface area contributed by atoms with Gasteiger partial charge in [-0.25, -0.2) is 0 Å². The molecular formula is C22H30O7. The lowest BCUT2D eigenvalue weighted by atomic mass is 9.35. The van der Waals surface area contributed by atoms with E-state index in [1.807, 2.05) is 13.8 Å². The Hall–Kier alpha value is -1.28. The number of ether oxygens (including phenoxy) is 2. The number of esters is 1. The van der Waals surface area contributed by atoms with Crippen LogP contribution in [0.15, 0.2) is 12.2 Å². The molecular weight excluding hydrogens is 376 g/mol. The molecule has 6 fully saturated rings. The topological polar surface area (TPSA) is 113 Å². The van der Waals surface area contributed by atoms with E-state index in [9.17, 15) is 24.9 Å². The van der Waals surface area contributed by atoms with Crippen molar-refractivity contribution in [2.45, 2.75) is 70.6 Å². The van der Waals surface area contributed by atoms with Crippen LogP contribution in [-0.2, 0) is 19.1 Å². The third kappa shape index (κ3) is 1.94. The standard InChI is InChI=1S/C22H30O7/c1-10-12-7-13(29-11(2)23)15-20-9-28-22(27,21(15,8-12)17(10)25)18(26)16(20)19(3,4)6-5-14(20)24/h12-16,18,24,26-27H,1,5-9H2,2-4H3/t12-,13-,14+,15+,16-,18+,20+,21+,22+/m1/s1. The van der Waals surface area contributed by atoms with Gasteiger partial charge in [-0.05, 0) is 42.6 Å². The zero-order valence-corrected chi connectivity index (χ0v) is 17.2. The fourth-order valence-corrected chi connectivity index (χ4v) is 8.17. The smallest absolute Gasteiger partial charge is 0.302 e. The largest absolute Gasteiger partial charge is 0.462 e. The SMILES string of the molecule is C=C1C(=O)[C@]23C[C@H]1C[C@@H](OC(C)=O)[C@H]2[C@@]12CO[C@@]3(O)[C@@H](O)[C@@H]1C(C)(C)CC[C@@H]2O. The predicted molar refractivity (Wildman–Crippen MR) is 100 cm³/mol. The molecule has 0 aromatic carbocycles. The molecule has 2 heterocycles. The molecule has 4 aliphatic carbocycles. The minimum atomic E-state index is -2.09. The van der Waals surface area contributed by atoms with E-state index in [1.54, 1.807) is 0 Å². The van der Waals surface area contributed by atoms with Gasteiger partial charge in [0, 0.05) is 24.2 Å². The number of rotatable bonds is 1. The van der Waals surface area contributed by atoms with Crippen LogP contribution in [0.1, 0.15) is 46.5 Å². The van der Waals surface area contributed by atoms with Crippen LogP contribution in [0.5, 0.6) is 0 Å². The molecule has 6 rings (SSSR count). The fraction of sp³-hybridized carbons (Fsp3) is 0.818. The van der Waals surface area contributed by atoms with E-state index in [4.69, 9.17) is 9.47 Å². The maximum absolute atomic E-state index is 13.6. The van der Waals surface area contributed by atoms with Crippen LogP contribution in [0.3, 0.4) is 0 Å². The number of Topliss-reactive ketones (excluding diaryl/α,β-unsaturated/α-hetero) is 1. The average molecular weight is 406 g/mol. The number of ketones is 1. The summed E-state index contributed by atoms with van der Waals surface area (Å²) >= 11 is 0. The second kappa shape index (κ2) is 5.49. The van der Waals surface area contributed by atoms with Crippen molar-refractivity contribution >= 4 is 11.8 Å². The molecule has 3 N–H and O–H groups in total. The number of carbonyl (C=O) groups excluding carboxylic acids is 2. The molecule has 6 aliphatic rings. The molecule has 4 saturated carbocycles. The summed E-state index contributed by atoms with van der Waals surface area (Å²) in [6.07, 6.45) is -0.914. The van der Waals surface area contributed by atoms with Crippen LogP contribution in [0.25, 0.3) is 0 Å². The van der Waals surface area contributed by atoms with Crippen LogP contribution in [-0.4, -0.2) is 57.8 Å². The summed E-state index contributed by atoms with van der Waals surface area (Å²) in [5.74, 6) is -4.25. The zero-order valence-electron chi connectivity index (χ0n) is 17.2. The molecule has 0 aromatic heterocycles. The predicted octanol–water partition coefficient (Wildman–Crippen LogP) is 0.946. The van der Waals surface area contributed by atoms with E-state index in [2.05, 4.69) is 6.58 Å². The van der Waals surface area contributed by atoms with E-state index < -0.39 is 58.1 Å². The van der Waals surface area contributed by atoms with Crippen molar-refractivity contribution in [1.82, 2.24) is 0 Å². The van der Waals surface area contributed by atoms with Gasteiger partial charge in [0.25, 0.3) is 0 Å². The van der Waals surface area contributed by atoms with Crippen molar-refractivity contribution in [3.63, 3.8) is 0 Å². The zero-order chi connectivity index (χ0) is 21.1. The van der Waals surface area contributed by atoms with E-state index in [0.29, 0.717) is 31.3 Å². The Balaban J connectivity index is 1.80. The molecule has 2 spiro atoms. The molecule has 160 valence electrons. The first-order valence-corrected chi connectivity index (χ1v) is 10.6. The quantitative estimate of drug-likeness (QED) is 0.439. The molecule has 9 atom stereocenters. The second-order valence-electron chi connectivity index (χ2n) is 10.7. The van der Waals surface area contributed by atoms with Crippen LogP contribution in [0, 0.1) is 34.0 Å². The third-order valence-corrected chi connectivity index (χ3v) is 9.08. The number of carbonyl (C=O) groups is 2. The molecule has 29 heavy (non-hydrogen) atoms. The number of aliphatic hydroxyl groups excluding tert-OH is 2. The minimum Gasteiger partial charge on any atom is -0.462 e. The summed E-state index contributed by atoms with van der Waals surface area (Å²) in [6.45, 7) is 9.36. The van der Waals surface area contributed by atoms with Gasteiger partial charge in [0.15, 0.2) is 5.78 Å². The Kier molecular flexibility index (Phi) is 3.73. The molecule has 0 radical (unpaired) electrons. The highest BCUT2D eigenvalue weighted by molar-refractivity contribution is 6.04. The molecule has 0 unspecified atom stereocenters. The molecule has 0 amide bonds. The number of aliphatic hydroxyl groups is 3. The highest BCUT2D eigenvalue weighted by Crippen LogP contribution is 2.76. The van der Waals surface area contributed by atoms with Gasteiger partial charge >= 0.3 is 5.97 Å². The monoisotopic (exact) mass is 406 g/mol. The summed E-state index contributed by atoms with van der Waals surface area (Å²) in [4.78, 5) is 25.5. The maximum Gasteiger partial charge on any atom is 0.302 e. The summed E-state index contributed by atoms with van der Waals surface area (Å²) in [5.41, 5.74) is -2.46. The van der Waals surface area contributed by atoms with Crippen molar-refractivity contribution in [2.24, 2.45) is 34.0 Å². The van der Waals surface area contributed by atoms with Gasteiger partial charge < -0.3 is 24.8 Å². The lowest BCUT2D eigenvalue weighted by Crippen LogP contribution is -2.85. The van der Waals surface area contributed by atoms with Crippen LogP contribution in [0.2, 0.25) is 0 Å². The Bertz CT molecular complexity index is 820.